The molecule has 2 aromatic rings. The first-order valence-corrected chi connectivity index (χ1v) is 4.98. The highest BCUT2D eigenvalue weighted by atomic mass is 19.1. The van der Waals surface area contributed by atoms with Gasteiger partial charge in [0.1, 0.15) is 29.8 Å². The molecule has 17 heavy (non-hydrogen) atoms. The fraction of sp³-hybridized carbons (Fsp3) is 0.0769. The van der Waals surface area contributed by atoms with Crippen LogP contribution in [0.3, 0.4) is 0 Å². The van der Waals surface area contributed by atoms with Crippen LogP contribution in [0.4, 0.5) is 13.2 Å². The minimum absolute atomic E-state index is 0.142. The van der Waals surface area contributed by atoms with Crippen LogP contribution in [0.25, 0.3) is 0 Å². The van der Waals surface area contributed by atoms with Crippen molar-refractivity contribution in [2.75, 3.05) is 0 Å². The second kappa shape index (κ2) is 4.91. The fourth-order valence-corrected chi connectivity index (χ4v) is 1.36. The van der Waals surface area contributed by atoms with E-state index in [1.165, 1.54) is 30.3 Å². The van der Waals surface area contributed by atoms with E-state index in [1.807, 2.05) is 0 Å². The lowest BCUT2D eigenvalue weighted by Crippen LogP contribution is -2.01. The first kappa shape index (κ1) is 11.5. The molecule has 0 radical (unpaired) electrons. The molecular formula is C13H9F3O. The molecule has 2 aromatic carbocycles. The molecule has 0 saturated carbocycles. The highest BCUT2D eigenvalue weighted by molar-refractivity contribution is 5.24. The van der Waals surface area contributed by atoms with E-state index < -0.39 is 17.5 Å². The largest absolute Gasteiger partial charge is 0.489 e. The first-order valence-electron chi connectivity index (χ1n) is 4.98. The predicted molar refractivity (Wildman–Crippen MR) is 57.1 cm³/mol. The third kappa shape index (κ3) is 2.78. The molecule has 1 nitrogen and oxygen atoms in total. The summed E-state index contributed by atoms with van der Waals surface area (Å²) < 4.78 is 44.2. The molecule has 0 N–H and O–H groups in total. The normalized spacial score (nSPS) is 10.3. The van der Waals surface area contributed by atoms with E-state index in [0.29, 0.717) is 5.75 Å². The van der Waals surface area contributed by atoms with Gasteiger partial charge >= 0.3 is 0 Å². The van der Waals surface area contributed by atoms with Crippen molar-refractivity contribution in [2.24, 2.45) is 0 Å². The van der Waals surface area contributed by atoms with Crippen LogP contribution in [0, 0.1) is 17.5 Å². The minimum atomic E-state index is -0.660. The Bertz CT molecular complexity index is 488. The third-order valence-corrected chi connectivity index (χ3v) is 2.26. The lowest BCUT2D eigenvalue weighted by atomic mass is 10.2. The van der Waals surface area contributed by atoms with Gasteiger partial charge in [-0.2, -0.15) is 0 Å². The Hall–Kier alpha value is -1.97. The average molecular weight is 238 g/mol. The van der Waals surface area contributed by atoms with Crippen LogP contribution < -0.4 is 4.74 Å². The molecule has 0 atom stereocenters. The number of hydrogen-bond acceptors (Lipinski definition) is 1. The van der Waals surface area contributed by atoms with Gasteiger partial charge in [0.05, 0.1) is 5.56 Å². The molecule has 0 amide bonds. The minimum Gasteiger partial charge on any atom is -0.489 e. The summed E-state index contributed by atoms with van der Waals surface area (Å²) in [6.07, 6.45) is 0. The van der Waals surface area contributed by atoms with Gasteiger partial charge < -0.3 is 4.74 Å². The number of rotatable bonds is 3. The summed E-state index contributed by atoms with van der Waals surface area (Å²) in [5, 5.41) is 0. The number of ether oxygens (including phenoxy) is 1. The van der Waals surface area contributed by atoms with E-state index in [4.69, 9.17) is 4.74 Å². The highest BCUT2D eigenvalue weighted by Gasteiger charge is 2.08. The molecule has 0 aliphatic rings. The van der Waals surface area contributed by atoms with Crippen LogP contribution >= 0.6 is 0 Å². The summed E-state index contributed by atoms with van der Waals surface area (Å²) >= 11 is 0. The van der Waals surface area contributed by atoms with Crippen molar-refractivity contribution >= 4 is 0 Å². The molecule has 0 saturated heterocycles. The second-order valence-corrected chi connectivity index (χ2v) is 3.44. The summed E-state index contributed by atoms with van der Waals surface area (Å²) in [4.78, 5) is 0. The molecule has 2 rings (SSSR count). The van der Waals surface area contributed by atoms with Crippen LogP contribution in [0.1, 0.15) is 5.56 Å². The maximum absolute atomic E-state index is 13.2. The Morgan fingerprint density at radius 3 is 2.00 bits per heavy atom. The van der Waals surface area contributed by atoms with Gasteiger partial charge in [0, 0.05) is 0 Å². The maximum Gasteiger partial charge on any atom is 0.132 e. The quantitative estimate of drug-likeness (QED) is 0.792. The zero-order valence-electron chi connectivity index (χ0n) is 8.79. The van der Waals surface area contributed by atoms with Crippen LogP contribution in [-0.4, -0.2) is 0 Å². The number of benzene rings is 2. The standard InChI is InChI=1S/C13H9F3O/c14-9-4-6-10(7-5-9)17-8-11-12(15)2-1-3-13(11)16/h1-7H,8H2. The Morgan fingerprint density at radius 2 is 1.41 bits per heavy atom. The zero-order chi connectivity index (χ0) is 12.3. The van der Waals surface area contributed by atoms with Crippen LogP contribution in [0.2, 0.25) is 0 Å². The Kier molecular flexibility index (Phi) is 3.32. The molecule has 88 valence electrons. The molecular weight excluding hydrogens is 229 g/mol. The topological polar surface area (TPSA) is 9.23 Å². The molecule has 0 spiro atoms. The lowest BCUT2D eigenvalue weighted by Gasteiger charge is -2.07. The highest BCUT2D eigenvalue weighted by Crippen LogP contribution is 2.17. The summed E-state index contributed by atoms with van der Waals surface area (Å²) in [7, 11) is 0. The third-order valence-electron chi connectivity index (χ3n) is 2.26. The monoisotopic (exact) mass is 238 g/mol. The Labute approximate surface area is 96.5 Å². The molecule has 0 heterocycles. The van der Waals surface area contributed by atoms with Crippen LogP contribution in [-0.2, 0) is 6.61 Å². The summed E-state index contributed by atoms with van der Waals surface area (Å²) in [6.45, 7) is -0.232. The van der Waals surface area contributed by atoms with Crippen LogP contribution in [0.5, 0.6) is 5.75 Å². The van der Waals surface area contributed by atoms with E-state index in [2.05, 4.69) is 0 Å². The summed E-state index contributed by atoms with van der Waals surface area (Å²) in [6, 6.07) is 8.83. The van der Waals surface area contributed by atoms with Gasteiger partial charge in [-0.05, 0) is 36.4 Å². The fourth-order valence-electron chi connectivity index (χ4n) is 1.36. The molecule has 0 bridgehead atoms. The van der Waals surface area contributed by atoms with Crippen molar-refractivity contribution < 1.29 is 17.9 Å². The van der Waals surface area contributed by atoms with E-state index >= 15 is 0 Å². The van der Waals surface area contributed by atoms with Crippen molar-refractivity contribution in [3.8, 4) is 5.75 Å². The van der Waals surface area contributed by atoms with Crippen molar-refractivity contribution in [3.05, 3.63) is 65.5 Å². The Morgan fingerprint density at radius 1 is 0.824 bits per heavy atom. The first-order chi connectivity index (χ1) is 8.16. The summed E-state index contributed by atoms with van der Waals surface area (Å²) in [5.41, 5.74) is -0.142. The molecule has 0 unspecified atom stereocenters. The van der Waals surface area contributed by atoms with Gasteiger partial charge in [-0.1, -0.05) is 6.07 Å². The molecule has 0 aromatic heterocycles. The predicted octanol–water partition coefficient (Wildman–Crippen LogP) is 3.68. The van der Waals surface area contributed by atoms with Crippen LogP contribution in [0.15, 0.2) is 42.5 Å². The number of hydrogen-bond donors (Lipinski definition) is 0. The number of halogens is 3. The van der Waals surface area contributed by atoms with Gasteiger partial charge in [0.25, 0.3) is 0 Å². The van der Waals surface area contributed by atoms with E-state index in [0.717, 1.165) is 12.1 Å². The van der Waals surface area contributed by atoms with Crippen molar-refractivity contribution in [3.63, 3.8) is 0 Å². The SMILES string of the molecule is Fc1ccc(OCc2c(F)cccc2F)cc1. The van der Waals surface area contributed by atoms with Gasteiger partial charge in [0.15, 0.2) is 0 Å². The zero-order valence-corrected chi connectivity index (χ0v) is 8.79. The second-order valence-electron chi connectivity index (χ2n) is 3.44. The molecule has 0 aliphatic carbocycles. The van der Waals surface area contributed by atoms with E-state index in [1.54, 1.807) is 0 Å². The van der Waals surface area contributed by atoms with Crippen molar-refractivity contribution in [1.29, 1.82) is 0 Å². The lowest BCUT2D eigenvalue weighted by molar-refractivity contribution is 0.292. The molecule has 0 fully saturated rings. The van der Waals surface area contributed by atoms with Crippen molar-refractivity contribution in [1.82, 2.24) is 0 Å². The molecule has 4 heteroatoms. The smallest absolute Gasteiger partial charge is 0.132 e. The average Bonchev–Trinajstić information content (AvgIpc) is 2.31. The molecule has 0 aliphatic heterocycles. The van der Waals surface area contributed by atoms with Gasteiger partial charge in [-0.3, -0.25) is 0 Å². The Balaban J connectivity index is 2.10. The van der Waals surface area contributed by atoms with E-state index in [9.17, 15) is 13.2 Å². The summed E-state index contributed by atoms with van der Waals surface area (Å²) in [5.74, 6) is -1.36. The van der Waals surface area contributed by atoms with E-state index in [-0.39, 0.29) is 12.2 Å². The maximum atomic E-state index is 13.2. The van der Waals surface area contributed by atoms with Gasteiger partial charge in [-0.15, -0.1) is 0 Å². The van der Waals surface area contributed by atoms with Gasteiger partial charge in [0.2, 0.25) is 0 Å². The van der Waals surface area contributed by atoms with Gasteiger partial charge in [-0.25, -0.2) is 13.2 Å². The van der Waals surface area contributed by atoms with Crippen molar-refractivity contribution in [2.45, 2.75) is 6.61 Å².